The lowest BCUT2D eigenvalue weighted by atomic mass is 9.82. The lowest BCUT2D eigenvalue weighted by Gasteiger charge is -2.30. The third kappa shape index (κ3) is 6.25. The van der Waals surface area contributed by atoms with Gasteiger partial charge in [-0.2, -0.15) is 0 Å². The number of para-hydroxylation sites is 1. The van der Waals surface area contributed by atoms with E-state index >= 15 is 0 Å². The molecule has 1 aromatic heterocycles. The lowest BCUT2D eigenvalue weighted by Crippen LogP contribution is -2.17. The molecule has 14 rings (SSSR count). The van der Waals surface area contributed by atoms with Crippen molar-refractivity contribution in [1.29, 1.82) is 0 Å². The molecule has 0 N–H and O–H groups in total. The summed E-state index contributed by atoms with van der Waals surface area (Å²) in [6.45, 7) is 4.80. The Balaban J connectivity index is 0.922. The Kier molecular flexibility index (Phi) is 9.14. The number of hydrogen-bond acceptors (Lipinski definition) is 3. The van der Waals surface area contributed by atoms with Crippen LogP contribution in [0.25, 0.3) is 85.5 Å². The zero-order valence-electron chi connectivity index (χ0n) is 38.9. The van der Waals surface area contributed by atoms with Gasteiger partial charge in [0.15, 0.2) is 0 Å². The minimum absolute atomic E-state index is 0.283. The molecule has 0 aliphatic heterocycles. The number of fused-ring (bicyclic) bond motifs is 13. The fraction of sp³-hybridized carbons (Fsp3) is 0.0448. The van der Waals surface area contributed by atoms with Crippen molar-refractivity contribution in [3.05, 3.63) is 254 Å². The maximum absolute atomic E-state index is 2.47. The van der Waals surface area contributed by atoms with E-state index in [0.29, 0.717) is 0 Å². The van der Waals surface area contributed by atoms with E-state index in [1.54, 1.807) is 0 Å². The van der Waals surface area contributed by atoms with Crippen LogP contribution < -0.4 is 9.80 Å². The maximum Gasteiger partial charge on any atom is 0.0540 e. The van der Waals surface area contributed by atoms with Crippen LogP contribution in [0.1, 0.15) is 25.0 Å². The first-order valence-electron chi connectivity index (χ1n) is 24.2. The number of thiophene rings is 1. The van der Waals surface area contributed by atoms with Gasteiger partial charge in [0.25, 0.3) is 0 Å². The third-order valence-corrected chi connectivity index (χ3v) is 16.2. The summed E-state index contributed by atoms with van der Waals surface area (Å²) < 4.78 is 2.65. The highest BCUT2D eigenvalue weighted by atomic mass is 32.1. The molecule has 1 aliphatic rings. The SMILES string of the molecule is CC1(C)c2cc(N(c3ccc(-c4cccc5c4sc4ccccc45)cc3)c3ccc4c5ccccc5c5ccccc5c4c3)ccc2-c2ccc(N(c3ccccc3)c3cccc4ccccc34)cc21. The van der Waals surface area contributed by atoms with Crippen molar-refractivity contribution < 1.29 is 0 Å². The van der Waals surface area contributed by atoms with Crippen molar-refractivity contribution in [3.8, 4) is 22.3 Å². The average molecular weight is 911 g/mol. The van der Waals surface area contributed by atoms with E-state index in [1.165, 1.54) is 96.6 Å². The molecule has 0 bridgehead atoms. The molecule has 1 aliphatic carbocycles. The zero-order valence-corrected chi connectivity index (χ0v) is 39.7. The van der Waals surface area contributed by atoms with Crippen LogP contribution in [0, 0.1) is 0 Å². The Morgan fingerprint density at radius 2 is 0.800 bits per heavy atom. The molecule has 0 amide bonds. The second-order valence-corrected chi connectivity index (χ2v) is 20.3. The van der Waals surface area contributed by atoms with Crippen LogP contribution in [0.5, 0.6) is 0 Å². The molecule has 2 nitrogen and oxygen atoms in total. The first kappa shape index (κ1) is 40.6. The summed E-state index contributed by atoms with van der Waals surface area (Å²) in [5, 5.41) is 12.7. The van der Waals surface area contributed by atoms with E-state index in [0.717, 1.165) is 34.1 Å². The first-order chi connectivity index (χ1) is 34.5. The molecule has 0 unspecified atom stereocenters. The molecule has 1 heterocycles. The van der Waals surface area contributed by atoms with Crippen LogP contribution in [0.3, 0.4) is 0 Å². The molecule has 330 valence electrons. The van der Waals surface area contributed by atoms with Crippen LogP contribution in [0.15, 0.2) is 243 Å². The van der Waals surface area contributed by atoms with Gasteiger partial charge >= 0.3 is 0 Å². The van der Waals surface area contributed by atoms with E-state index in [-0.39, 0.29) is 5.41 Å². The molecule has 0 radical (unpaired) electrons. The molecule has 13 aromatic rings. The topological polar surface area (TPSA) is 6.48 Å². The van der Waals surface area contributed by atoms with Gasteiger partial charge in [0, 0.05) is 59.4 Å². The monoisotopic (exact) mass is 910 g/mol. The van der Waals surface area contributed by atoms with Crippen LogP contribution in [-0.4, -0.2) is 0 Å². The van der Waals surface area contributed by atoms with Crippen molar-refractivity contribution in [2.75, 3.05) is 9.80 Å². The quantitative estimate of drug-likeness (QED) is 0.147. The largest absolute Gasteiger partial charge is 0.310 e. The molecule has 3 heteroatoms. The van der Waals surface area contributed by atoms with Crippen molar-refractivity contribution in [2.24, 2.45) is 0 Å². The molecule has 70 heavy (non-hydrogen) atoms. The Morgan fingerprint density at radius 1 is 0.314 bits per heavy atom. The smallest absolute Gasteiger partial charge is 0.0540 e. The Hall–Kier alpha value is -8.50. The molecular formula is C67H46N2S. The van der Waals surface area contributed by atoms with Crippen molar-refractivity contribution in [2.45, 2.75) is 19.3 Å². The van der Waals surface area contributed by atoms with Gasteiger partial charge in [0.1, 0.15) is 0 Å². The number of rotatable bonds is 7. The van der Waals surface area contributed by atoms with Gasteiger partial charge < -0.3 is 9.80 Å². The van der Waals surface area contributed by atoms with Gasteiger partial charge in [-0.15, -0.1) is 11.3 Å². The Bertz CT molecular complexity index is 4180. The van der Waals surface area contributed by atoms with E-state index in [2.05, 4.69) is 266 Å². The average Bonchev–Trinajstić information content (AvgIpc) is 3.91. The maximum atomic E-state index is 2.47. The van der Waals surface area contributed by atoms with E-state index in [4.69, 9.17) is 0 Å². The number of anilines is 6. The molecular weight excluding hydrogens is 865 g/mol. The summed E-state index contributed by atoms with van der Waals surface area (Å²) in [5.41, 5.74) is 14.2. The van der Waals surface area contributed by atoms with Crippen LogP contribution in [0.4, 0.5) is 34.1 Å². The Labute approximate surface area is 411 Å². The van der Waals surface area contributed by atoms with Crippen molar-refractivity contribution in [1.82, 2.24) is 0 Å². The number of benzene rings is 12. The minimum atomic E-state index is -0.283. The predicted octanol–water partition coefficient (Wildman–Crippen LogP) is 19.6. The summed E-state index contributed by atoms with van der Waals surface area (Å²) in [7, 11) is 0. The summed E-state index contributed by atoms with van der Waals surface area (Å²) >= 11 is 1.88. The fourth-order valence-corrected chi connectivity index (χ4v) is 12.9. The van der Waals surface area contributed by atoms with E-state index in [9.17, 15) is 0 Å². The van der Waals surface area contributed by atoms with E-state index in [1.807, 2.05) is 11.3 Å². The van der Waals surface area contributed by atoms with Crippen molar-refractivity contribution in [3.63, 3.8) is 0 Å². The molecule has 0 saturated carbocycles. The third-order valence-electron chi connectivity index (χ3n) is 15.0. The van der Waals surface area contributed by atoms with Crippen LogP contribution in [-0.2, 0) is 5.41 Å². The Morgan fingerprint density at radius 3 is 1.50 bits per heavy atom. The second kappa shape index (κ2) is 15.8. The standard InChI is InChI=1S/C67H46N2S/c1-67(2)62-41-48(35-38-57(62)58-39-36-49(42-63(58)67)69(45-18-4-3-5-19-45)64-28-14-17-43-16-6-7-20-50(43)64)68(47-34-37-56-54-23-9-8-21-52(54)53-22-10-11-24-55(53)61(56)40-47)46-32-30-44(31-33-46)51-26-15-27-60-59-25-12-13-29-65(59)70-66(51)60/h3-42H,1-2H3. The van der Waals surface area contributed by atoms with Gasteiger partial charge in [0.2, 0.25) is 0 Å². The molecule has 0 atom stereocenters. The minimum Gasteiger partial charge on any atom is -0.310 e. The molecule has 0 saturated heterocycles. The summed E-state index contributed by atoms with van der Waals surface area (Å²) in [5.74, 6) is 0. The number of hydrogen-bond donors (Lipinski definition) is 0. The normalized spacial score (nSPS) is 12.8. The van der Waals surface area contributed by atoms with Gasteiger partial charge in [-0.25, -0.2) is 0 Å². The summed E-state index contributed by atoms with van der Waals surface area (Å²) in [4.78, 5) is 4.89. The molecule has 0 spiro atoms. The molecule has 12 aromatic carbocycles. The van der Waals surface area contributed by atoms with E-state index < -0.39 is 0 Å². The van der Waals surface area contributed by atoms with Crippen LogP contribution >= 0.6 is 11.3 Å². The van der Waals surface area contributed by atoms with Gasteiger partial charge in [-0.1, -0.05) is 184 Å². The van der Waals surface area contributed by atoms with Gasteiger partial charge in [-0.3, -0.25) is 0 Å². The fourth-order valence-electron chi connectivity index (χ4n) is 11.6. The lowest BCUT2D eigenvalue weighted by molar-refractivity contribution is 0.660. The number of nitrogens with zero attached hydrogens (tertiary/aromatic N) is 2. The van der Waals surface area contributed by atoms with Crippen molar-refractivity contribution >= 4 is 109 Å². The highest BCUT2D eigenvalue weighted by molar-refractivity contribution is 7.26. The molecule has 0 fully saturated rings. The predicted molar refractivity (Wildman–Crippen MR) is 302 cm³/mol. The highest BCUT2D eigenvalue weighted by Crippen LogP contribution is 2.53. The summed E-state index contributed by atoms with van der Waals surface area (Å²) in [6, 6.07) is 89.9. The van der Waals surface area contributed by atoms with Gasteiger partial charge in [-0.05, 0) is 144 Å². The first-order valence-corrected chi connectivity index (χ1v) is 25.1. The second-order valence-electron chi connectivity index (χ2n) is 19.2. The zero-order chi connectivity index (χ0) is 46.5. The van der Waals surface area contributed by atoms with Gasteiger partial charge in [0.05, 0.1) is 5.69 Å². The summed E-state index contributed by atoms with van der Waals surface area (Å²) in [6.07, 6.45) is 0. The van der Waals surface area contributed by atoms with Crippen LogP contribution in [0.2, 0.25) is 0 Å². The highest BCUT2D eigenvalue weighted by Gasteiger charge is 2.37.